The second-order valence-electron chi connectivity index (χ2n) is 6.44. The van der Waals surface area contributed by atoms with Crippen molar-refractivity contribution in [3.8, 4) is 5.75 Å². The van der Waals surface area contributed by atoms with Crippen LogP contribution in [0.4, 0.5) is 0 Å². The number of carbonyl (C=O) groups excluding carboxylic acids is 1. The van der Waals surface area contributed by atoms with Gasteiger partial charge in [-0.3, -0.25) is 9.59 Å². The fourth-order valence-corrected chi connectivity index (χ4v) is 3.22. The number of aromatic nitrogens is 2. The monoisotopic (exact) mass is 385 g/mol. The quantitative estimate of drug-likeness (QED) is 0.731. The minimum atomic E-state index is -0.223. The first-order valence-corrected chi connectivity index (χ1v) is 8.84. The predicted octanol–water partition coefficient (Wildman–Crippen LogP) is 3.23. The highest BCUT2D eigenvalue weighted by Crippen LogP contribution is 2.27. The molecule has 1 aromatic heterocycles. The van der Waals surface area contributed by atoms with E-state index < -0.39 is 0 Å². The van der Waals surface area contributed by atoms with Crippen LogP contribution in [0, 0.1) is 13.8 Å². The lowest BCUT2D eigenvalue weighted by Gasteiger charge is -2.18. The molecule has 0 unspecified atom stereocenters. The first-order chi connectivity index (χ1) is 12.8. The number of likely N-dealkylation sites (N-methyl/N-ethyl adjacent to an activating group) is 1. The summed E-state index contributed by atoms with van der Waals surface area (Å²) in [5.74, 6) is 0.853. The van der Waals surface area contributed by atoms with Gasteiger partial charge in [-0.1, -0.05) is 23.7 Å². The maximum Gasteiger partial charge on any atom is 0.260 e. The number of amides is 1. The average Bonchev–Trinajstić information content (AvgIpc) is 2.60. The topological polar surface area (TPSA) is 75.3 Å². The van der Waals surface area contributed by atoms with Crippen LogP contribution in [-0.4, -0.2) is 34.4 Å². The number of aromatic amines is 1. The van der Waals surface area contributed by atoms with Gasteiger partial charge in [0.2, 0.25) is 0 Å². The lowest BCUT2D eigenvalue weighted by Crippen LogP contribution is -2.32. The minimum absolute atomic E-state index is 0.113. The van der Waals surface area contributed by atoms with Crippen LogP contribution in [0.25, 0.3) is 10.9 Å². The molecule has 0 aliphatic heterocycles. The van der Waals surface area contributed by atoms with Gasteiger partial charge in [0, 0.05) is 12.1 Å². The standard InChI is InChI=1S/C20H20ClN3O3/c1-12-8-14(21)9-13(2)19(12)27-11-18(25)24(3)10-17-22-16-7-5-4-6-15(16)20(26)23-17/h4-9H,10-11H2,1-3H3,(H,22,23,26). The molecular formula is C20H20ClN3O3. The first kappa shape index (κ1) is 18.9. The normalized spacial score (nSPS) is 10.8. The lowest BCUT2D eigenvalue weighted by atomic mass is 10.1. The highest BCUT2D eigenvalue weighted by atomic mass is 35.5. The number of hydrogen-bond donors (Lipinski definition) is 1. The highest BCUT2D eigenvalue weighted by molar-refractivity contribution is 6.30. The Morgan fingerprint density at radius 3 is 2.59 bits per heavy atom. The second kappa shape index (κ2) is 7.80. The Bertz CT molecular complexity index is 1040. The number of ether oxygens (including phenoxy) is 1. The van der Waals surface area contributed by atoms with Crippen molar-refractivity contribution in [2.45, 2.75) is 20.4 Å². The van der Waals surface area contributed by atoms with E-state index in [0.717, 1.165) is 11.1 Å². The molecule has 0 bridgehead atoms. The molecule has 2 aromatic carbocycles. The Morgan fingerprint density at radius 2 is 1.89 bits per heavy atom. The summed E-state index contributed by atoms with van der Waals surface area (Å²) in [5, 5.41) is 1.15. The van der Waals surface area contributed by atoms with Crippen LogP contribution < -0.4 is 10.3 Å². The zero-order valence-corrected chi connectivity index (χ0v) is 16.1. The van der Waals surface area contributed by atoms with E-state index in [4.69, 9.17) is 16.3 Å². The Kier molecular flexibility index (Phi) is 5.46. The maximum atomic E-state index is 12.4. The molecule has 0 aliphatic rings. The summed E-state index contributed by atoms with van der Waals surface area (Å²) in [7, 11) is 1.64. The Balaban J connectivity index is 1.69. The molecule has 0 fully saturated rings. The number of aryl methyl sites for hydroxylation is 2. The van der Waals surface area contributed by atoms with Crippen molar-refractivity contribution in [2.75, 3.05) is 13.7 Å². The van der Waals surface area contributed by atoms with Gasteiger partial charge < -0.3 is 14.6 Å². The number of rotatable bonds is 5. The predicted molar refractivity (Wildman–Crippen MR) is 105 cm³/mol. The number of benzene rings is 2. The fourth-order valence-electron chi connectivity index (χ4n) is 2.89. The molecule has 7 heteroatoms. The first-order valence-electron chi connectivity index (χ1n) is 8.46. The van der Waals surface area contributed by atoms with Gasteiger partial charge in [-0.2, -0.15) is 0 Å². The molecule has 0 saturated carbocycles. The smallest absolute Gasteiger partial charge is 0.260 e. The second-order valence-corrected chi connectivity index (χ2v) is 6.87. The molecule has 1 amide bonds. The van der Waals surface area contributed by atoms with E-state index >= 15 is 0 Å². The van der Waals surface area contributed by atoms with Crippen LogP contribution in [0.15, 0.2) is 41.2 Å². The third kappa shape index (κ3) is 4.28. The van der Waals surface area contributed by atoms with E-state index in [-0.39, 0.29) is 24.6 Å². The number of para-hydroxylation sites is 1. The number of halogens is 1. The summed E-state index contributed by atoms with van der Waals surface area (Å²) in [5.41, 5.74) is 2.12. The van der Waals surface area contributed by atoms with Crippen LogP contribution in [0.3, 0.4) is 0 Å². The fraction of sp³-hybridized carbons (Fsp3) is 0.250. The van der Waals surface area contributed by atoms with E-state index in [0.29, 0.717) is 27.5 Å². The molecule has 0 saturated heterocycles. The molecule has 0 atom stereocenters. The highest BCUT2D eigenvalue weighted by Gasteiger charge is 2.14. The van der Waals surface area contributed by atoms with Gasteiger partial charge in [0.15, 0.2) is 6.61 Å². The van der Waals surface area contributed by atoms with Crippen LogP contribution in [0.1, 0.15) is 17.0 Å². The summed E-state index contributed by atoms with van der Waals surface area (Å²) in [6, 6.07) is 10.7. The van der Waals surface area contributed by atoms with Gasteiger partial charge in [0.1, 0.15) is 11.6 Å². The summed E-state index contributed by atoms with van der Waals surface area (Å²) in [6.07, 6.45) is 0. The van der Waals surface area contributed by atoms with Crippen molar-refractivity contribution < 1.29 is 9.53 Å². The number of H-pyrrole nitrogens is 1. The molecule has 1 heterocycles. The molecule has 1 N–H and O–H groups in total. The van der Waals surface area contributed by atoms with Crippen LogP contribution in [0.5, 0.6) is 5.75 Å². The summed E-state index contributed by atoms with van der Waals surface area (Å²) >= 11 is 6.01. The zero-order valence-electron chi connectivity index (χ0n) is 15.4. The van der Waals surface area contributed by atoms with Gasteiger partial charge >= 0.3 is 0 Å². The van der Waals surface area contributed by atoms with E-state index in [1.54, 1.807) is 37.4 Å². The zero-order chi connectivity index (χ0) is 19.6. The lowest BCUT2D eigenvalue weighted by molar-refractivity contribution is -0.132. The summed E-state index contributed by atoms with van der Waals surface area (Å²) in [6.45, 7) is 3.83. The van der Waals surface area contributed by atoms with Crippen molar-refractivity contribution in [1.29, 1.82) is 0 Å². The van der Waals surface area contributed by atoms with Gasteiger partial charge in [0.05, 0.1) is 17.4 Å². The Hall–Kier alpha value is -2.86. The molecule has 140 valence electrons. The van der Waals surface area contributed by atoms with Crippen molar-refractivity contribution in [3.63, 3.8) is 0 Å². The number of hydrogen-bond acceptors (Lipinski definition) is 4. The third-order valence-electron chi connectivity index (χ3n) is 4.24. The largest absolute Gasteiger partial charge is 0.483 e. The van der Waals surface area contributed by atoms with Crippen LogP contribution in [-0.2, 0) is 11.3 Å². The van der Waals surface area contributed by atoms with E-state index in [2.05, 4.69) is 9.97 Å². The van der Waals surface area contributed by atoms with Crippen LogP contribution in [0.2, 0.25) is 5.02 Å². The average molecular weight is 386 g/mol. The van der Waals surface area contributed by atoms with Gasteiger partial charge in [-0.15, -0.1) is 0 Å². The van der Waals surface area contributed by atoms with Crippen molar-refractivity contribution in [1.82, 2.24) is 14.9 Å². The molecule has 0 radical (unpaired) electrons. The van der Waals surface area contributed by atoms with E-state index in [9.17, 15) is 9.59 Å². The SMILES string of the molecule is Cc1cc(Cl)cc(C)c1OCC(=O)N(C)Cc1nc2ccccc2c(=O)[nH]1. The molecule has 0 aliphatic carbocycles. The molecule has 3 aromatic rings. The number of carbonyl (C=O) groups is 1. The summed E-state index contributed by atoms with van der Waals surface area (Å²) < 4.78 is 5.69. The molecule has 3 rings (SSSR count). The maximum absolute atomic E-state index is 12.4. The van der Waals surface area contributed by atoms with Gasteiger partial charge in [-0.25, -0.2) is 4.98 Å². The summed E-state index contributed by atoms with van der Waals surface area (Å²) in [4.78, 5) is 33.1. The van der Waals surface area contributed by atoms with E-state index in [1.807, 2.05) is 19.9 Å². The van der Waals surface area contributed by atoms with Gasteiger partial charge in [-0.05, 0) is 49.2 Å². The third-order valence-corrected chi connectivity index (χ3v) is 4.46. The Labute approximate surface area is 161 Å². The number of fused-ring (bicyclic) bond motifs is 1. The number of nitrogens with one attached hydrogen (secondary N) is 1. The van der Waals surface area contributed by atoms with Gasteiger partial charge in [0.25, 0.3) is 11.5 Å². The molecule has 0 spiro atoms. The molecular weight excluding hydrogens is 366 g/mol. The number of nitrogens with zero attached hydrogens (tertiary/aromatic N) is 2. The van der Waals surface area contributed by atoms with Crippen molar-refractivity contribution in [2.24, 2.45) is 0 Å². The van der Waals surface area contributed by atoms with E-state index in [1.165, 1.54) is 4.90 Å². The minimum Gasteiger partial charge on any atom is -0.483 e. The molecule has 27 heavy (non-hydrogen) atoms. The van der Waals surface area contributed by atoms with Crippen molar-refractivity contribution in [3.05, 3.63) is 68.7 Å². The molecule has 6 nitrogen and oxygen atoms in total. The van der Waals surface area contributed by atoms with Crippen molar-refractivity contribution >= 4 is 28.4 Å². The van der Waals surface area contributed by atoms with Crippen LogP contribution >= 0.6 is 11.6 Å². The Morgan fingerprint density at radius 1 is 1.22 bits per heavy atom.